The van der Waals surface area contributed by atoms with E-state index in [9.17, 15) is 13.2 Å². The van der Waals surface area contributed by atoms with E-state index in [0.29, 0.717) is 17.9 Å². The molecule has 0 aliphatic carbocycles. The Hall–Kier alpha value is -4.28. The van der Waals surface area contributed by atoms with Crippen molar-refractivity contribution in [2.45, 2.75) is 23.9 Å². The minimum atomic E-state index is -3.90. The van der Waals surface area contributed by atoms with E-state index in [2.05, 4.69) is 37.0 Å². The summed E-state index contributed by atoms with van der Waals surface area (Å²) in [6.07, 6.45) is 3.12. The number of aromatic nitrogens is 2. The number of aliphatic carboxylic acids is 1. The first kappa shape index (κ1) is 26.8. The lowest BCUT2D eigenvalue weighted by Gasteiger charge is -2.21. The van der Waals surface area contributed by atoms with Gasteiger partial charge >= 0.3 is 5.97 Å². The zero-order valence-corrected chi connectivity index (χ0v) is 21.7. The summed E-state index contributed by atoms with van der Waals surface area (Å²) in [5, 5.41) is 11.7. The lowest BCUT2D eigenvalue weighted by Crippen LogP contribution is -2.31. The van der Waals surface area contributed by atoms with E-state index in [1.807, 2.05) is 49.5 Å². The zero-order chi connectivity index (χ0) is 27.0. The van der Waals surface area contributed by atoms with Gasteiger partial charge < -0.3 is 15.3 Å². The van der Waals surface area contributed by atoms with Gasteiger partial charge in [-0.1, -0.05) is 48.5 Å². The fraction of sp³-hybridized carbons (Fsp3) is 0.179. The molecule has 4 rings (SSSR count). The second-order valence-electron chi connectivity index (χ2n) is 8.77. The summed E-state index contributed by atoms with van der Waals surface area (Å²) in [7, 11) is -1.88. The van der Waals surface area contributed by atoms with Gasteiger partial charge in [0.2, 0.25) is 10.0 Å². The Morgan fingerprint density at radius 3 is 2.39 bits per heavy atom. The standard InChI is InChI=1S/C28H29N5O4S/c1-33(20-22-7-3-2-4-8-22)23-14-12-21(13-15-23)17-26(32-38(36,37)24-9-6-16-29-18-24)25-10-5-11-27(31-25)30-19-28(34)35/h2-16,18,26,32H,17,19-20H2,1H3,(H,30,31)(H,34,35). The van der Waals surface area contributed by atoms with Gasteiger partial charge in [-0.2, -0.15) is 0 Å². The molecule has 0 bridgehead atoms. The molecule has 10 heteroatoms. The van der Waals surface area contributed by atoms with Crippen LogP contribution in [0.25, 0.3) is 0 Å². The molecule has 2 aromatic carbocycles. The van der Waals surface area contributed by atoms with Gasteiger partial charge in [-0.05, 0) is 53.9 Å². The van der Waals surface area contributed by atoms with Crippen LogP contribution in [0.3, 0.4) is 0 Å². The van der Waals surface area contributed by atoms with Gasteiger partial charge in [-0.15, -0.1) is 0 Å². The van der Waals surface area contributed by atoms with Crippen molar-refractivity contribution in [3.63, 3.8) is 0 Å². The highest BCUT2D eigenvalue weighted by Gasteiger charge is 2.23. The molecule has 0 aliphatic heterocycles. The van der Waals surface area contributed by atoms with Crippen molar-refractivity contribution in [2.75, 3.05) is 23.8 Å². The van der Waals surface area contributed by atoms with Crippen molar-refractivity contribution >= 4 is 27.5 Å². The number of carbonyl (C=O) groups is 1. The molecule has 0 saturated heterocycles. The Labute approximate surface area is 222 Å². The number of hydrogen-bond acceptors (Lipinski definition) is 7. The van der Waals surface area contributed by atoms with Crippen LogP contribution in [0, 0.1) is 0 Å². The third-order valence-electron chi connectivity index (χ3n) is 5.87. The van der Waals surface area contributed by atoms with Crippen molar-refractivity contribution in [2.24, 2.45) is 0 Å². The molecule has 1 unspecified atom stereocenters. The van der Waals surface area contributed by atoms with Gasteiger partial charge in [-0.25, -0.2) is 18.1 Å². The number of pyridine rings is 2. The minimum absolute atomic E-state index is 0.0445. The third-order valence-corrected chi connectivity index (χ3v) is 7.33. The van der Waals surface area contributed by atoms with Crippen molar-refractivity contribution in [1.29, 1.82) is 0 Å². The molecule has 0 amide bonds. The van der Waals surface area contributed by atoms with Crippen molar-refractivity contribution in [1.82, 2.24) is 14.7 Å². The van der Waals surface area contributed by atoms with E-state index >= 15 is 0 Å². The summed E-state index contributed by atoms with van der Waals surface area (Å²) in [5.74, 6) is -0.684. The van der Waals surface area contributed by atoms with Crippen molar-refractivity contribution in [3.8, 4) is 0 Å². The van der Waals surface area contributed by atoms with Crippen LogP contribution in [0.1, 0.15) is 22.9 Å². The Kier molecular flexibility index (Phi) is 8.67. The van der Waals surface area contributed by atoms with Gasteiger partial charge in [0.05, 0.1) is 11.7 Å². The molecule has 3 N–H and O–H groups in total. The predicted molar refractivity (Wildman–Crippen MR) is 146 cm³/mol. The first-order valence-electron chi connectivity index (χ1n) is 12.0. The van der Waals surface area contributed by atoms with E-state index in [0.717, 1.165) is 17.8 Å². The van der Waals surface area contributed by atoms with Crippen LogP contribution < -0.4 is 14.9 Å². The van der Waals surface area contributed by atoms with Crippen LogP contribution in [0.2, 0.25) is 0 Å². The Morgan fingerprint density at radius 2 is 1.71 bits per heavy atom. The fourth-order valence-corrected chi connectivity index (χ4v) is 5.12. The molecular formula is C28H29N5O4S. The SMILES string of the molecule is CN(Cc1ccccc1)c1ccc(CC(NS(=O)(=O)c2cccnc2)c2cccc(NCC(=O)O)n2)cc1. The Morgan fingerprint density at radius 1 is 0.947 bits per heavy atom. The quantitative estimate of drug-likeness (QED) is 0.252. The maximum atomic E-state index is 13.1. The number of hydrogen-bond donors (Lipinski definition) is 3. The first-order valence-corrected chi connectivity index (χ1v) is 13.5. The molecule has 1 atom stereocenters. The lowest BCUT2D eigenvalue weighted by atomic mass is 10.0. The second-order valence-corrected chi connectivity index (χ2v) is 10.5. The zero-order valence-electron chi connectivity index (χ0n) is 20.9. The summed E-state index contributed by atoms with van der Waals surface area (Å²) in [6, 6.07) is 25.5. The lowest BCUT2D eigenvalue weighted by molar-refractivity contribution is -0.134. The van der Waals surface area contributed by atoms with Crippen LogP contribution in [0.5, 0.6) is 0 Å². The molecule has 0 saturated carbocycles. The van der Waals surface area contributed by atoms with E-state index in [1.165, 1.54) is 24.0 Å². The molecule has 38 heavy (non-hydrogen) atoms. The first-order chi connectivity index (χ1) is 18.3. The molecular weight excluding hydrogens is 502 g/mol. The van der Waals surface area contributed by atoms with Crippen LogP contribution in [-0.2, 0) is 27.8 Å². The van der Waals surface area contributed by atoms with Crippen molar-refractivity contribution < 1.29 is 18.3 Å². The molecule has 0 aliphatic rings. The van der Waals surface area contributed by atoms with Gasteiger partial charge in [0.1, 0.15) is 17.3 Å². The van der Waals surface area contributed by atoms with Crippen molar-refractivity contribution in [3.05, 3.63) is 114 Å². The number of carboxylic acid groups (broad SMARTS) is 1. The van der Waals surface area contributed by atoms with Gasteiger partial charge in [0, 0.05) is 31.7 Å². The van der Waals surface area contributed by atoms with Crippen LogP contribution in [-0.4, -0.2) is 43.1 Å². The Bertz CT molecular complexity index is 1450. The molecule has 0 fully saturated rings. The molecule has 9 nitrogen and oxygen atoms in total. The second kappa shape index (κ2) is 12.3. The van der Waals surface area contributed by atoms with Crippen LogP contribution in [0.15, 0.2) is 102 Å². The summed E-state index contributed by atoms with van der Waals surface area (Å²) in [4.78, 5) is 21.6. The van der Waals surface area contributed by atoms with E-state index in [-0.39, 0.29) is 11.4 Å². The number of anilines is 2. The summed E-state index contributed by atoms with van der Waals surface area (Å²) in [5.41, 5.74) is 3.60. The summed E-state index contributed by atoms with van der Waals surface area (Å²) in [6.45, 7) is 0.453. The van der Waals surface area contributed by atoms with Gasteiger partial charge in [-0.3, -0.25) is 9.78 Å². The highest BCUT2D eigenvalue weighted by Crippen LogP contribution is 2.24. The largest absolute Gasteiger partial charge is 0.480 e. The van der Waals surface area contributed by atoms with E-state index < -0.39 is 22.0 Å². The number of benzene rings is 2. The monoisotopic (exact) mass is 531 g/mol. The van der Waals surface area contributed by atoms with Gasteiger partial charge in [0.15, 0.2) is 0 Å². The molecule has 2 heterocycles. The maximum Gasteiger partial charge on any atom is 0.322 e. The topological polar surface area (TPSA) is 125 Å². The average molecular weight is 532 g/mol. The smallest absolute Gasteiger partial charge is 0.322 e. The highest BCUT2D eigenvalue weighted by atomic mass is 32.2. The normalized spacial score (nSPS) is 12.0. The number of rotatable bonds is 12. The molecule has 0 spiro atoms. The average Bonchev–Trinajstić information content (AvgIpc) is 2.93. The summed E-state index contributed by atoms with van der Waals surface area (Å²) < 4.78 is 29.0. The minimum Gasteiger partial charge on any atom is -0.480 e. The number of nitrogens with zero attached hydrogens (tertiary/aromatic N) is 3. The summed E-state index contributed by atoms with van der Waals surface area (Å²) >= 11 is 0. The molecule has 4 aromatic rings. The number of nitrogens with one attached hydrogen (secondary N) is 2. The predicted octanol–water partition coefficient (Wildman–Crippen LogP) is 3.87. The molecule has 0 radical (unpaired) electrons. The van der Waals surface area contributed by atoms with E-state index in [4.69, 9.17) is 5.11 Å². The highest BCUT2D eigenvalue weighted by molar-refractivity contribution is 7.89. The maximum absolute atomic E-state index is 13.1. The third kappa shape index (κ3) is 7.37. The molecule has 196 valence electrons. The number of sulfonamides is 1. The fourth-order valence-electron chi connectivity index (χ4n) is 3.95. The van der Waals surface area contributed by atoms with Gasteiger partial charge in [0.25, 0.3) is 0 Å². The Balaban J connectivity index is 1.56. The number of carboxylic acids is 1. The van der Waals surface area contributed by atoms with E-state index in [1.54, 1.807) is 24.3 Å². The van der Waals surface area contributed by atoms with Crippen LogP contribution in [0.4, 0.5) is 11.5 Å². The van der Waals surface area contributed by atoms with Crippen LogP contribution >= 0.6 is 0 Å². The molecule has 2 aromatic heterocycles.